The number of piperazine rings is 1. The molecule has 1 unspecified atom stereocenters. The first-order valence-corrected chi connectivity index (χ1v) is 13.1. The lowest BCUT2D eigenvalue weighted by molar-refractivity contribution is -0.131. The zero-order chi connectivity index (χ0) is 22.0. The van der Waals surface area contributed by atoms with Gasteiger partial charge in [0.1, 0.15) is 16.5 Å². The van der Waals surface area contributed by atoms with E-state index in [1.165, 1.54) is 52.8 Å². The summed E-state index contributed by atoms with van der Waals surface area (Å²) in [5, 5.41) is 1.30. The van der Waals surface area contributed by atoms with Crippen LogP contribution in [0.3, 0.4) is 0 Å². The standard InChI is InChI=1S/C25H38N4OS/c1-5-6-7-8-9-21(30)28-12-14-29(15-13-28)24-22-19-11-10-18(4)16-20(19)31-25(22)27-23(26-24)17(2)3/h17-18H,5-16H2,1-4H3. The maximum atomic E-state index is 12.6. The lowest BCUT2D eigenvalue weighted by atomic mass is 9.89. The van der Waals surface area contributed by atoms with Crippen LogP contribution in [-0.4, -0.2) is 47.0 Å². The van der Waals surface area contributed by atoms with Gasteiger partial charge >= 0.3 is 0 Å². The number of amides is 1. The predicted molar refractivity (Wildman–Crippen MR) is 130 cm³/mol. The van der Waals surface area contributed by atoms with Crippen molar-refractivity contribution >= 4 is 33.3 Å². The number of nitrogens with zero attached hydrogens (tertiary/aromatic N) is 4. The van der Waals surface area contributed by atoms with Gasteiger partial charge in [-0.15, -0.1) is 11.3 Å². The van der Waals surface area contributed by atoms with E-state index >= 15 is 0 Å². The molecule has 1 aliphatic carbocycles. The Morgan fingerprint density at radius 1 is 1.13 bits per heavy atom. The molecule has 3 heterocycles. The van der Waals surface area contributed by atoms with Gasteiger partial charge in [0.15, 0.2) is 0 Å². The minimum atomic E-state index is 0.312. The van der Waals surface area contributed by atoms with Crippen LogP contribution in [0.15, 0.2) is 0 Å². The van der Waals surface area contributed by atoms with Crippen LogP contribution in [0.2, 0.25) is 0 Å². The van der Waals surface area contributed by atoms with E-state index in [1.807, 2.05) is 11.3 Å². The van der Waals surface area contributed by atoms with Gasteiger partial charge in [-0.25, -0.2) is 9.97 Å². The number of unbranched alkanes of at least 4 members (excludes halogenated alkanes) is 3. The number of hydrogen-bond donors (Lipinski definition) is 0. The molecule has 0 spiro atoms. The van der Waals surface area contributed by atoms with E-state index in [0.29, 0.717) is 18.2 Å². The van der Waals surface area contributed by atoms with Gasteiger partial charge in [0.2, 0.25) is 5.91 Å². The zero-order valence-corrected chi connectivity index (χ0v) is 20.6. The first-order chi connectivity index (χ1) is 15.0. The monoisotopic (exact) mass is 442 g/mol. The van der Waals surface area contributed by atoms with E-state index in [9.17, 15) is 4.79 Å². The third-order valence-electron chi connectivity index (χ3n) is 6.85. The molecular weight excluding hydrogens is 404 g/mol. The molecule has 6 heteroatoms. The first kappa shape index (κ1) is 22.5. The lowest BCUT2D eigenvalue weighted by Gasteiger charge is -2.36. The molecule has 4 rings (SSSR count). The molecule has 0 saturated carbocycles. The number of aryl methyl sites for hydroxylation is 1. The molecule has 0 radical (unpaired) electrons. The van der Waals surface area contributed by atoms with Gasteiger partial charge in [-0.3, -0.25) is 4.79 Å². The fourth-order valence-corrected chi connectivity index (χ4v) is 6.24. The van der Waals surface area contributed by atoms with Gasteiger partial charge in [0, 0.05) is 43.4 Å². The zero-order valence-electron chi connectivity index (χ0n) is 19.7. The SMILES string of the molecule is CCCCCCC(=O)N1CCN(c2nc(C(C)C)nc3sc4c(c23)CCC(C)C4)CC1. The number of rotatable bonds is 7. The van der Waals surface area contributed by atoms with Crippen LogP contribution >= 0.6 is 11.3 Å². The van der Waals surface area contributed by atoms with E-state index in [0.717, 1.165) is 56.6 Å². The van der Waals surface area contributed by atoms with Crippen molar-refractivity contribution < 1.29 is 4.79 Å². The topological polar surface area (TPSA) is 49.3 Å². The van der Waals surface area contributed by atoms with E-state index in [4.69, 9.17) is 9.97 Å². The fourth-order valence-electron chi connectivity index (χ4n) is 4.85. The first-order valence-electron chi connectivity index (χ1n) is 12.3. The molecule has 5 nitrogen and oxygen atoms in total. The van der Waals surface area contributed by atoms with Crippen molar-refractivity contribution in [1.82, 2.24) is 14.9 Å². The maximum absolute atomic E-state index is 12.6. The average molecular weight is 443 g/mol. The van der Waals surface area contributed by atoms with Crippen molar-refractivity contribution in [3.63, 3.8) is 0 Å². The molecule has 0 aromatic carbocycles. The number of hydrogen-bond acceptors (Lipinski definition) is 5. The second-order valence-electron chi connectivity index (χ2n) is 9.77. The third-order valence-corrected chi connectivity index (χ3v) is 7.99. The number of fused-ring (bicyclic) bond motifs is 3. The summed E-state index contributed by atoms with van der Waals surface area (Å²) in [4.78, 5) is 29.8. The summed E-state index contributed by atoms with van der Waals surface area (Å²) in [5.74, 6) is 3.47. The third kappa shape index (κ3) is 4.89. The average Bonchev–Trinajstić information content (AvgIpc) is 3.13. The van der Waals surface area contributed by atoms with Gasteiger partial charge in [-0.1, -0.05) is 47.0 Å². The van der Waals surface area contributed by atoms with Crippen molar-refractivity contribution in [2.75, 3.05) is 31.1 Å². The number of thiophene rings is 1. The molecular formula is C25H38N4OS. The largest absolute Gasteiger partial charge is 0.352 e. The Morgan fingerprint density at radius 3 is 2.61 bits per heavy atom. The van der Waals surface area contributed by atoms with Crippen molar-refractivity contribution in [3.8, 4) is 0 Å². The molecule has 1 aliphatic heterocycles. The van der Waals surface area contributed by atoms with Crippen molar-refractivity contribution in [2.24, 2.45) is 5.92 Å². The normalized spacial score (nSPS) is 19.3. The van der Waals surface area contributed by atoms with Crippen LogP contribution in [-0.2, 0) is 17.6 Å². The van der Waals surface area contributed by atoms with E-state index in [1.54, 1.807) is 0 Å². The summed E-state index contributed by atoms with van der Waals surface area (Å²) in [6.07, 6.45) is 8.90. The van der Waals surface area contributed by atoms with Crippen molar-refractivity contribution in [3.05, 3.63) is 16.3 Å². The summed E-state index contributed by atoms with van der Waals surface area (Å²) in [5.41, 5.74) is 1.50. The summed E-state index contributed by atoms with van der Waals surface area (Å²) in [6.45, 7) is 12.3. The highest BCUT2D eigenvalue weighted by molar-refractivity contribution is 7.19. The molecule has 1 amide bonds. The van der Waals surface area contributed by atoms with Crippen LogP contribution in [0.4, 0.5) is 5.82 Å². The maximum Gasteiger partial charge on any atom is 0.222 e. The van der Waals surface area contributed by atoms with E-state index < -0.39 is 0 Å². The van der Waals surface area contributed by atoms with Crippen LogP contribution in [0.25, 0.3) is 10.2 Å². The number of carbonyl (C=O) groups is 1. The van der Waals surface area contributed by atoms with Gasteiger partial charge in [-0.2, -0.15) is 0 Å². The summed E-state index contributed by atoms with van der Waals surface area (Å²) in [7, 11) is 0. The van der Waals surface area contributed by atoms with Gasteiger partial charge in [-0.05, 0) is 37.2 Å². The Balaban J connectivity index is 1.53. The molecule has 0 bridgehead atoms. The molecule has 1 saturated heterocycles. The molecule has 1 atom stereocenters. The highest BCUT2D eigenvalue weighted by Crippen LogP contribution is 2.41. The van der Waals surface area contributed by atoms with Crippen LogP contribution in [0, 0.1) is 5.92 Å². The van der Waals surface area contributed by atoms with Crippen LogP contribution in [0.5, 0.6) is 0 Å². The second-order valence-corrected chi connectivity index (χ2v) is 10.9. The number of aromatic nitrogens is 2. The quantitative estimate of drug-likeness (QED) is 0.527. The molecule has 31 heavy (non-hydrogen) atoms. The van der Waals surface area contributed by atoms with Crippen LogP contribution < -0.4 is 4.90 Å². The molecule has 1 fully saturated rings. The number of carbonyl (C=O) groups excluding carboxylic acids is 1. The highest BCUT2D eigenvalue weighted by Gasteiger charge is 2.28. The van der Waals surface area contributed by atoms with Gasteiger partial charge < -0.3 is 9.80 Å². The molecule has 0 N–H and O–H groups in total. The Labute approximate surface area is 191 Å². The van der Waals surface area contributed by atoms with E-state index in [2.05, 4.69) is 37.5 Å². The molecule has 2 aromatic rings. The number of anilines is 1. The predicted octanol–water partition coefficient (Wildman–Crippen LogP) is 5.56. The summed E-state index contributed by atoms with van der Waals surface area (Å²) >= 11 is 1.89. The van der Waals surface area contributed by atoms with Crippen molar-refractivity contribution in [1.29, 1.82) is 0 Å². The molecule has 2 aromatic heterocycles. The van der Waals surface area contributed by atoms with E-state index in [-0.39, 0.29) is 0 Å². The smallest absolute Gasteiger partial charge is 0.222 e. The Bertz CT molecular complexity index is 914. The minimum Gasteiger partial charge on any atom is -0.352 e. The lowest BCUT2D eigenvalue weighted by Crippen LogP contribution is -2.49. The molecule has 170 valence electrons. The Kier molecular flexibility index (Phi) is 7.15. The Morgan fingerprint density at radius 2 is 1.90 bits per heavy atom. The Hall–Kier alpha value is -1.69. The summed E-state index contributed by atoms with van der Waals surface area (Å²) < 4.78 is 0. The highest BCUT2D eigenvalue weighted by atomic mass is 32.1. The fraction of sp³-hybridized carbons (Fsp3) is 0.720. The summed E-state index contributed by atoms with van der Waals surface area (Å²) in [6, 6.07) is 0. The second kappa shape index (κ2) is 9.85. The van der Waals surface area contributed by atoms with Crippen LogP contribution in [0.1, 0.15) is 88.4 Å². The van der Waals surface area contributed by atoms with Gasteiger partial charge in [0.05, 0.1) is 5.39 Å². The molecule has 2 aliphatic rings. The van der Waals surface area contributed by atoms with Crippen molar-refractivity contribution in [2.45, 2.75) is 85.0 Å². The van der Waals surface area contributed by atoms with Gasteiger partial charge in [0.25, 0.3) is 0 Å². The minimum absolute atomic E-state index is 0.312.